The number of aromatic nitrogens is 2. The lowest BCUT2D eigenvalue weighted by molar-refractivity contribution is -0.127. The summed E-state index contributed by atoms with van der Waals surface area (Å²) in [4.78, 5) is 18.9. The number of ether oxygens (including phenoxy) is 1. The van der Waals surface area contributed by atoms with E-state index >= 15 is 0 Å². The number of carbonyl (C=O) groups is 1. The van der Waals surface area contributed by atoms with Crippen molar-refractivity contribution < 1.29 is 14.1 Å². The lowest BCUT2D eigenvalue weighted by Crippen LogP contribution is -2.27. The lowest BCUT2D eigenvalue weighted by atomic mass is 10.1. The van der Waals surface area contributed by atoms with E-state index in [-0.39, 0.29) is 11.8 Å². The standard InChI is InChI=1S/C24H27N3O3/c1-17(2)16-29-21-10-8-19(9-11-21)23-25-24(30-26-23)20-14-22(28)27(15-20)13-12-18-6-4-3-5-7-18/h3-11,17,20H,12-16H2,1-2H3. The Hall–Kier alpha value is -3.15. The lowest BCUT2D eigenvalue weighted by Gasteiger charge is -2.15. The quantitative estimate of drug-likeness (QED) is 0.558. The first kappa shape index (κ1) is 20.1. The molecule has 1 amide bonds. The Bertz CT molecular complexity index is 967. The fourth-order valence-corrected chi connectivity index (χ4v) is 3.54. The van der Waals surface area contributed by atoms with Crippen LogP contribution in [0.15, 0.2) is 59.1 Å². The van der Waals surface area contributed by atoms with Crippen LogP contribution in [0.25, 0.3) is 11.4 Å². The minimum atomic E-state index is -0.0526. The number of benzene rings is 2. The molecule has 4 rings (SSSR count). The smallest absolute Gasteiger partial charge is 0.232 e. The number of amides is 1. The van der Waals surface area contributed by atoms with Crippen LogP contribution < -0.4 is 4.74 Å². The van der Waals surface area contributed by atoms with Crippen LogP contribution in [0.2, 0.25) is 0 Å². The van der Waals surface area contributed by atoms with Crippen molar-refractivity contribution >= 4 is 5.91 Å². The number of nitrogens with zero attached hydrogens (tertiary/aromatic N) is 3. The second kappa shape index (κ2) is 9.11. The Kier molecular flexibility index (Phi) is 6.12. The van der Waals surface area contributed by atoms with E-state index < -0.39 is 0 Å². The monoisotopic (exact) mass is 405 g/mol. The molecular weight excluding hydrogens is 378 g/mol. The Morgan fingerprint density at radius 1 is 1.13 bits per heavy atom. The van der Waals surface area contributed by atoms with Gasteiger partial charge < -0.3 is 14.2 Å². The largest absolute Gasteiger partial charge is 0.493 e. The van der Waals surface area contributed by atoms with Gasteiger partial charge in [-0.3, -0.25) is 4.79 Å². The second-order valence-electron chi connectivity index (χ2n) is 8.16. The molecule has 0 spiro atoms. The van der Waals surface area contributed by atoms with E-state index in [1.165, 1.54) is 5.56 Å². The molecule has 6 nitrogen and oxygen atoms in total. The maximum atomic E-state index is 12.4. The average Bonchev–Trinajstić information content (AvgIpc) is 3.39. The van der Waals surface area contributed by atoms with Crippen molar-refractivity contribution in [3.05, 3.63) is 66.1 Å². The molecule has 3 aromatic rings. The summed E-state index contributed by atoms with van der Waals surface area (Å²) in [6.07, 6.45) is 1.26. The van der Waals surface area contributed by atoms with E-state index in [1.807, 2.05) is 47.4 Å². The van der Waals surface area contributed by atoms with E-state index in [2.05, 4.69) is 36.1 Å². The summed E-state index contributed by atoms with van der Waals surface area (Å²) < 4.78 is 11.2. The van der Waals surface area contributed by atoms with Gasteiger partial charge in [0.15, 0.2) is 0 Å². The van der Waals surface area contributed by atoms with Gasteiger partial charge in [-0.1, -0.05) is 49.3 Å². The number of rotatable bonds is 8. The maximum absolute atomic E-state index is 12.4. The first-order valence-corrected chi connectivity index (χ1v) is 10.5. The van der Waals surface area contributed by atoms with Crippen LogP contribution in [0.5, 0.6) is 5.75 Å². The van der Waals surface area contributed by atoms with Gasteiger partial charge >= 0.3 is 0 Å². The van der Waals surface area contributed by atoms with Gasteiger partial charge in [0.2, 0.25) is 17.6 Å². The van der Waals surface area contributed by atoms with E-state index in [0.717, 1.165) is 17.7 Å². The van der Waals surface area contributed by atoms with E-state index in [1.54, 1.807) is 0 Å². The molecular formula is C24H27N3O3. The summed E-state index contributed by atoms with van der Waals surface area (Å²) in [7, 11) is 0. The molecule has 0 saturated carbocycles. The van der Waals surface area contributed by atoms with Crippen molar-refractivity contribution in [3.63, 3.8) is 0 Å². The third-order valence-corrected chi connectivity index (χ3v) is 5.21. The summed E-state index contributed by atoms with van der Waals surface area (Å²) in [5.74, 6) is 2.46. The summed E-state index contributed by atoms with van der Waals surface area (Å²) in [5.41, 5.74) is 2.10. The van der Waals surface area contributed by atoms with Gasteiger partial charge in [-0.25, -0.2) is 0 Å². The zero-order valence-electron chi connectivity index (χ0n) is 17.5. The zero-order valence-corrected chi connectivity index (χ0v) is 17.5. The van der Waals surface area contributed by atoms with Crippen molar-refractivity contribution in [2.45, 2.75) is 32.6 Å². The summed E-state index contributed by atoms with van der Waals surface area (Å²) in [5, 5.41) is 4.12. The molecule has 156 valence electrons. The number of hydrogen-bond acceptors (Lipinski definition) is 5. The van der Waals surface area contributed by atoms with Crippen molar-refractivity contribution in [1.29, 1.82) is 0 Å². The molecule has 1 atom stereocenters. The molecule has 1 aliphatic heterocycles. The molecule has 1 unspecified atom stereocenters. The van der Waals surface area contributed by atoms with Crippen LogP contribution >= 0.6 is 0 Å². The fraction of sp³-hybridized carbons (Fsp3) is 0.375. The van der Waals surface area contributed by atoms with Crippen LogP contribution in [0, 0.1) is 5.92 Å². The predicted molar refractivity (Wildman–Crippen MR) is 114 cm³/mol. The minimum absolute atomic E-state index is 0.0526. The van der Waals surface area contributed by atoms with Crippen molar-refractivity contribution in [1.82, 2.24) is 15.0 Å². The Morgan fingerprint density at radius 2 is 1.90 bits per heavy atom. The van der Waals surface area contributed by atoms with Crippen LogP contribution in [-0.2, 0) is 11.2 Å². The van der Waals surface area contributed by atoms with Gasteiger partial charge in [0.1, 0.15) is 5.75 Å². The van der Waals surface area contributed by atoms with E-state index in [0.29, 0.717) is 43.8 Å². The number of carbonyl (C=O) groups excluding carboxylic acids is 1. The molecule has 1 aliphatic rings. The summed E-state index contributed by atoms with van der Waals surface area (Å²) >= 11 is 0. The van der Waals surface area contributed by atoms with Crippen LogP contribution in [0.3, 0.4) is 0 Å². The van der Waals surface area contributed by atoms with Crippen LogP contribution in [-0.4, -0.2) is 40.6 Å². The highest BCUT2D eigenvalue weighted by atomic mass is 16.5. The molecule has 1 fully saturated rings. The fourth-order valence-electron chi connectivity index (χ4n) is 3.54. The number of hydrogen-bond donors (Lipinski definition) is 0. The molecule has 0 aliphatic carbocycles. The highest BCUT2D eigenvalue weighted by Gasteiger charge is 2.34. The topological polar surface area (TPSA) is 68.5 Å². The first-order valence-electron chi connectivity index (χ1n) is 10.5. The maximum Gasteiger partial charge on any atom is 0.232 e. The molecule has 6 heteroatoms. The van der Waals surface area contributed by atoms with E-state index in [9.17, 15) is 4.79 Å². The molecule has 1 saturated heterocycles. The van der Waals surface area contributed by atoms with Crippen LogP contribution in [0.4, 0.5) is 0 Å². The molecule has 0 N–H and O–H groups in total. The Labute approximate surface area is 176 Å². The third kappa shape index (κ3) is 4.87. The molecule has 0 bridgehead atoms. The highest BCUT2D eigenvalue weighted by molar-refractivity contribution is 5.79. The Balaban J connectivity index is 1.36. The Morgan fingerprint density at radius 3 is 2.63 bits per heavy atom. The SMILES string of the molecule is CC(C)COc1ccc(-c2noc(C3CC(=O)N(CCc4ccccc4)C3)n2)cc1. The van der Waals surface area contributed by atoms with Gasteiger partial charge in [-0.05, 0) is 42.2 Å². The average molecular weight is 405 g/mol. The van der Waals surface area contributed by atoms with Crippen molar-refractivity contribution in [2.75, 3.05) is 19.7 Å². The summed E-state index contributed by atoms with van der Waals surface area (Å²) in [6.45, 7) is 6.24. The van der Waals surface area contributed by atoms with Gasteiger partial charge in [-0.15, -0.1) is 0 Å². The van der Waals surface area contributed by atoms with Gasteiger partial charge in [0.05, 0.1) is 12.5 Å². The first-order chi connectivity index (χ1) is 14.6. The highest BCUT2D eigenvalue weighted by Crippen LogP contribution is 2.29. The second-order valence-corrected chi connectivity index (χ2v) is 8.16. The van der Waals surface area contributed by atoms with Crippen molar-refractivity contribution in [2.24, 2.45) is 5.92 Å². The summed E-state index contributed by atoms with van der Waals surface area (Å²) in [6, 6.07) is 17.9. The molecule has 2 heterocycles. The normalized spacial score (nSPS) is 16.4. The van der Waals surface area contributed by atoms with Gasteiger partial charge in [-0.2, -0.15) is 4.98 Å². The molecule has 1 aromatic heterocycles. The minimum Gasteiger partial charge on any atom is -0.493 e. The van der Waals surface area contributed by atoms with Gasteiger partial charge in [0, 0.05) is 25.1 Å². The third-order valence-electron chi connectivity index (χ3n) is 5.21. The van der Waals surface area contributed by atoms with E-state index in [4.69, 9.17) is 9.26 Å². The molecule has 0 radical (unpaired) electrons. The van der Waals surface area contributed by atoms with Gasteiger partial charge in [0.25, 0.3) is 0 Å². The molecule has 30 heavy (non-hydrogen) atoms. The van der Waals surface area contributed by atoms with Crippen molar-refractivity contribution in [3.8, 4) is 17.1 Å². The number of likely N-dealkylation sites (tertiary alicyclic amines) is 1. The van der Waals surface area contributed by atoms with Crippen LogP contribution in [0.1, 0.15) is 37.6 Å². The predicted octanol–water partition coefficient (Wildman–Crippen LogP) is 4.33. The molecule has 2 aromatic carbocycles. The zero-order chi connectivity index (χ0) is 20.9.